The zero-order valence-electron chi connectivity index (χ0n) is 16.3. The Hall–Kier alpha value is -2.30. The van der Waals surface area contributed by atoms with Gasteiger partial charge < -0.3 is 4.90 Å². The van der Waals surface area contributed by atoms with Gasteiger partial charge >= 0.3 is 0 Å². The maximum Gasteiger partial charge on any atom is 0.279 e. The molecule has 0 spiro atoms. The van der Waals surface area contributed by atoms with Gasteiger partial charge in [0.1, 0.15) is 5.82 Å². The van der Waals surface area contributed by atoms with Crippen molar-refractivity contribution in [1.29, 1.82) is 0 Å². The Balaban J connectivity index is 1.68. The predicted molar refractivity (Wildman–Crippen MR) is 111 cm³/mol. The molecule has 1 aromatic carbocycles. The molecule has 0 radical (unpaired) electrons. The quantitative estimate of drug-likeness (QED) is 0.630. The van der Waals surface area contributed by atoms with Gasteiger partial charge in [0.15, 0.2) is 9.86 Å². The van der Waals surface area contributed by atoms with Crippen LogP contribution >= 0.6 is 11.3 Å². The third-order valence-corrected chi connectivity index (χ3v) is 8.39. The van der Waals surface area contributed by atoms with Crippen LogP contribution in [-0.2, 0) is 10.0 Å². The zero-order valence-corrected chi connectivity index (χ0v) is 18.0. The van der Waals surface area contributed by atoms with Crippen LogP contribution in [0, 0.1) is 26.6 Å². The lowest BCUT2D eigenvalue weighted by molar-refractivity contribution is 0.382. The summed E-state index contributed by atoms with van der Waals surface area (Å²) < 4.78 is 43.3. The molecule has 1 saturated heterocycles. The van der Waals surface area contributed by atoms with Gasteiger partial charge in [-0.25, -0.2) is 17.8 Å². The van der Waals surface area contributed by atoms with E-state index in [4.69, 9.17) is 0 Å². The molecule has 4 rings (SSSR count). The number of hydrogen-bond acceptors (Lipinski definition) is 6. The lowest BCUT2D eigenvalue weighted by atomic mass is 10.2. The minimum Gasteiger partial charge on any atom is -0.367 e. The molecule has 154 valence electrons. The molecule has 0 amide bonds. The molecule has 1 aliphatic heterocycles. The average Bonchev–Trinajstić information content (AvgIpc) is 2.96. The summed E-state index contributed by atoms with van der Waals surface area (Å²) in [6, 6.07) is 6.43. The monoisotopic (exact) mass is 436 g/mol. The molecular formula is C19H21FN4O3S2. The van der Waals surface area contributed by atoms with Gasteiger partial charge in [-0.05, 0) is 32.9 Å². The van der Waals surface area contributed by atoms with Crippen LogP contribution in [0.25, 0.3) is 4.96 Å². The van der Waals surface area contributed by atoms with Gasteiger partial charge in [0.2, 0.25) is 0 Å². The Labute approximate surface area is 172 Å². The molecule has 1 aliphatic rings. The summed E-state index contributed by atoms with van der Waals surface area (Å²) in [5.74, 6) is -0.337. The van der Waals surface area contributed by atoms with E-state index in [9.17, 15) is 17.6 Å². The van der Waals surface area contributed by atoms with Crippen LogP contribution in [0.3, 0.4) is 0 Å². The van der Waals surface area contributed by atoms with E-state index < -0.39 is 15.6 Å². The van der Waals surface area contributed by atoms with Gasteiger partial charge in [0.25, 0.3) is 15.6 Å². The van der Waals surface area contributed by atoms with E-state index in [1.807, 2.05) is 11.8 Å². The lowest BCUT2D eigenvalue weighted by Crippen LogP contribution is -2.50. The lowest BCUT2D eigenvalue weighted by Gasteiger charge is -2.35. The van der Waals surface area contributed by atoms with E-state index >= 15 is 0 Å². The molecule has 2 aromatic heterocycles. The molecule has 0 unspecified atom stereocenters. The molecule has 3 heterocycles. The molecule has 1 fully saturated rings. The van der Waals surface area contributed by atoms with E-state index in [0.717, 1.165) is 4.88 Å². The number of aryl methyl sites for hydroxylation is 3. The molecule has 0 atom stereocenters. The molecule has 3 aromatic rings. The number of para-hydroxylation sites is 1. The first-order valence-electron chi connectivity index (χ1n) is 9.21. The van der Waals surface area contributed by atoms with Crippen molar-refractivity contribution in [2.24, 2.45) is 0 Å². The molecular weight excluding hydrogens is 415 g/mol. The number of sulfonamides is 1. The van der Waals surface area contributed by atoms with Crippen molar-refractivity contribution >= 4 is 32.0 Å². The van der Waals surface area contributed by atoms with Crippen molar-refractivity contribution in [3.63, 3.8) is 0 Å². The number of thiazole rings is 1. The highest BCUT2D eigenvalue weighted by atomic mass is 32.2. The highest BCUT2D eigenvalue weighted by molar-refractivity contribution is 7.89. The first kappa shape index (κ1) is 20.0. The summed E-state index contributed by atoms with van der Waals surface area (Å²) in [5.41, 5.74) is 0.787. The standard InChI is InChI=1S/C19H21FN4O3S2/c1-12-17(18(25)24-13(2)14(3)28-19(24)21-12)29(26,27)23-10-8-22(9-11-23)16-7-5-4-6-15(16)20/h4-7H,8-11H2,1-3H3. The number of piperazine rings is 1. The van der Waals surface area contributed by atoms with Gasteiger partial charge in [-0.1, -0.05) is 12.1 Å². The maximum absolute atomic E-state index is 14.0. The number of halogens is 1. The maximum atomic E-state index is 14.0. The fraction of sp³-hybridized carbons (Fsp3) is 0.368. The Morgan fingerprint density at radius 3 is 2.38 bits per heavy atom. The van der Waals surface area contributed by atoms with Crippen molar-refractivity contribution in [2.75, 3.05) is 31.1 Å². The zero-order chi connectivity index (χ0) is 20.9. The van der Waals surface area contributed by atoms with Crippen LogP contribution < -0.4 is 10.5 Å². The van der Waals surface area contributed by atoms with Crippen LogP contribution in [0.4, 0.5) is 10.1 Å². The molecule has 0 saturated carbocycles. The largest absolute Gasteiger partial charge is 0.367 e. The van der Waals surface area contributed by atoms with Gasteiger partial charge in [0.05, 0.1) is 11.4 Å². The first-order chi connectivity index (χ1) is 13.7. The fourth-order valence-electron chi connectivity index (χ4n) is 3.62. The van der Waals surface area contributed by atoms with Crippen molar-refractivity contribution in [3.05, 3.63) is 56.7 Å². The van der Waals surface area contributed by atoms with E-state index in [2.05, 4.69) is 4.98 Å². The third kappa shape index (κ3) is 3.24. The van der Waals surface area contributed by atoms with Crippen LogP contribution in [-0.4, -0.2) is 48.3 Å². The van der Waals surface area contributed by atoms with Gasteiger partial charge in [-0.2, -0.15) is 4.31 Å². The summed E-state index contributed by atoms with van der Waals surface area (Å²) in [4.78, 5) is 20.4. The number of nitrogens with zero attached hydrogens (tertiary/aromatic N) is 4. The van der Waals surface area contributed by atoms with Crippen LogP contribution in [0.1, 0.15) is 16.3 Å². The van der Waals surface area contributed by atoms with Crippen molar-refractivity contribution in [1.82, 2.24) is 13.7 Å². The van der Waals surface area contributed by atoms with E-state index in [0.29, 0.717) is 29.4 Å². The van der Waals surface area contributed by atoms with E-state index in [-0.39, 0.29) is 29.5 Å². The Morgan fingerprint density at radius 2 is 1.72 bits per heavy atom. The van der Waals surface area contributed by atoms with Crippen molar-refractivity contribution < 1.29 is 12.8 Å². The van der Waals surface area contributed by atoms with E-state index in [1.165, 1.54) is 26.1 Å². The first-order valence-corrected chi connectivity index (χ1v) is 11.5. The number of hydrogen-bond donors (Lipinski definition) is 0. The molecule has 7 nitrogen and oxygen atoms in total. The average molecular weight is 437 g/mol. The molecule has 0 bridgehead atoms. The number of fused-ring (bicyclic) bond motifs is 1. The van der Waals surface area contributed by atoms with Crippen molar-refractivity contribution in [3.8, 4) is 0 Å². The normalized spacial score (nSPS) is 15.9. The van der Waals surface area contributed by atoms with Gasteiger partial charge in [-0.3, -0.25) is 9.20 Å². The number of rotatable bonds is 3. The SMILES string of the molecule is Cc1nc2sc(C)c(C)n2c(=O)c1S(=O)(=O)N1CCN(c2ccccc2F)CC1. The Morgan fingerprint density at radius 1 is 1.07 bits per heavy atom. The summed E-state index contributed by atoms with van der Waals surface area (Å²) in [7, 11) is -4.02. The number of anilines is 1. The van der Waals surface area contributed by atoms with Crippen LogP contribution in [0.2, 0.25) is 0 Å². The molecule has 0 N–H and O–H groups in total. The second-order valence-corrected chi connectivity index (χ2v) is 10.1. The van der Waals surface area contributed by atoms with Crippen molar-refractivity contribution in [2.45, 2.75) is 25.7 Å². The topological polar surface area (TPSA) is 75.0 Å². The summed E-state index contributed by atoms with van der Waals surface area (Å²) in [5, 5.41) is 0. The molecule has 29 heavy (non-hydrogen) atoms. The molecule has 10 heteroatoms. The third-order valence-electron chi connectivity index (χ3n) is 5.30. The summed E-state index contributed by atoms with van der Waals surface area (Å²) in [6.07, 6.45) is 0. The van der Waals surface area contributed by atoms with Crippen LogP contribution in [0.5, 0.6) is 0 Å². The van der Waals surface area contributed by atoms with Gasteiger partial charge in [-0.15, -0.1) is 11.3 Å². The Bertz CT molecular complexity index is 1260. The second-order valence-electron chi connectivity index (χ2n) is 7.04. The summed E-state index contributed by atoms with van der Waals surface area (Å²) in [6.45, 7) is 6.22. The number of benzene rings is 1. The fourth-order valence-corrected chi connectivity index (χ4v) is 6.26. The Kier molecular flexibility index (Phi) is 4.96. The minimum absolute atomic E-state index is 0.167. The minimum atomic E-state index is -4.02. The molecule has 0 aliphatic carbocycles. The second kappa shape index (κ2) is 7.19. The number of aromatic nitrogens is 2. The highest BCUT2D eigenvalue weighted by Gasteiger charge is 2.34. The highest BCUT2D eigenvalue weighted by Crippen LogP contribution is 2.25. The van der Waals surface area contributed by atoms with Crippen LogP contribution in [0.15, 0.2) is 34.0 Å². The smallest absolute Gasteiger partial charge is 0.279 e. The summed E-state index contributed by atoms with van der Waals surface area (Å²) >= 11 is 1.36. The predicted octanol–water partition coefficient (Wildman–Crippen LogP) is 2.33. The van der Waals surface area contributed by atoms with Gasteiger partial charge in [0, 0.05) is 36.8 Å². The van der Waals surface area contributed by atoms with E-state index in [1.54, 1.807) is 32.0 Å².